The zero-order chi connectivity index (χ0) is 22.8. The van der Waals surface area contributed by atoms with Crippen LogP contribution in [-0.4, -0.2) is 31.8 Å². The number of rotatable bonds is 6. The van der Waals surface area contributed by atoms with Gasteiger partial charge in [-0.2, -0.15) is 26.3 Å². The Kier molecular flexibility index (Phi) is 7.05. The van der Waals surface area contributed by atoms with E-state index >= 15 is 0 Å². The fourth-order valence-electron chi connectivity index (χ4n) is 1.86. The van der Waals surface area contributed by atoms with Crippen molar-refractivity contribution in [2.24, 2.45) is 0 Å². The molecule has 0 saturated carbocycles. The van der Waals surface area contributed by atoms with Crippen molar-refractivity contribution >= 4 is 21.6 Å². The lowest BCUT2D eigenvalue weighted by atomic mass is 10.1. The topological polar surface area (TPSA) is 75.3 Å². The van der Waals surface area contributed by atoms with Crippen molar-refractivity contribution in [3.8, 4) is 0 Å². The molecule has 0 aromatic heterocycles. The maximum Gasteiger partial charge on any atom is 0.416 e. The minimum absolute atomic E-state index is 0.451. The first-order valence-corrected chi connectivity index (χ1v) is 9.61. The van der Waals surface area contributed by atoms with Gasteiger partial charge in [-0.05, 0) is 45.4 Å². The summed E-state index contributed by atoms with van der Waals surface area (Å²) in [5.74, 6) is -1.04. The average Bonchev–Trinajstić information content (AvgIpc) is 2.51. The third-order valence-corrected chi connectivity index (χ3v) is 5.86. The number of alkyl halides is 6. The fraction of sp³-hybridized carbons (Fsp3) is 0.471. The van der Waals surface area contributed by atoms with E-state index in [2.05, 4.69) is 11.9 Å². The van der Waals surface area contributed by atoms with E-state index in [9.17, 15) is 39.6 Å². The van der Waals surface area contributed by atoms with Gasteiger partial charge in [-0.3, -0.25) is 9.52 Å². The summed E-state index contributed by atoms with van der Waals surface area (Å²) < 4.78 is 101. The molecular weight excluding hydrogens is 426 g/mol. The van der Waals surface area contributed by atoms with Crippen molar-refractivity contribution in [2.45, 2.75) is 44.3 Å². The van der Waals surface area contributed by atoms with Crippen LogP contribution < -0.4 is 10.0 Å². The maximum absolute atomic E-state index is 13.0. The largest absolute Gasteiger partial charge is 0.416 e. The molecule has 5 nitrogen and oxygen atoms in total. The van der Waals surface area contributed by atoms with Gasteiger partial charge >= 0.3 is 12.4 Å². The van der Waals surface area contributed by atoms with Crippen LogP contribution in [0.5, 0.6) is 0 Å². The molecule has 1 aromatic carbocycles. The molecule has 12 heteroatoms. The number of hydrogen-bond acceptors (Lipinski definition) is 3. The van der Waals surface area contributed by atoms with Gasteiger partial charge < -0.3 is 5.32 Å². The Morgan fingerprint density at radius 3 is 2.07 bits per heavy atom. The maximum atomic E-state index is 13.0. The molecule has 0 saturated heterocycles. The molecule has 0 aliphatic carbocycles. The van der Waals surface area contributed by atoms with Gasteiger partial charge in [-0.25, -0.2) is 8.42 Å². The van der Waals surface area contributed by atoms with E-state index in [1.807, 2.05) is 4.72 Å². The Bertz CT molecular complexity index is 884. The van der Waals surface area contributed by atoms with Crippen LogP contribution in [0.1, 0.15) is 43.1 Å². The molecule has 164 valence electrons. The zero-order valence-electron chi connectivity index (χ0n) is 15.8. The fourth-order valence-corrected chi connectivity index (χ4v) is 2.63. The average molecular weight is 446 g/mol. The Morgan fingerprint density at radius 2 is 1.62 bits per heavy atom. The van der Waals surface area contributed by atoms with Gasteiger partial charge in [0.15, 0.2) is 0 Å². The number of amides is 1. The zero-order valence-corrected chi connectivity index (χ0v) is 16.6. The van der Waals surface area contributed by atoms with Crippen molar-refractivity contribution in [2.75, 3.05) is 11.3 Å². The van der Waals surface area contributed by atoms with Gasteiger partial charge in [0.2, 0.25) is 10.0 Å². The number of carbonyl (C=O) groups excluding carboxylic acids is 1. The smallest absolute Gasteiger partial charge is 0.352 e. The number of benzene rings is 1. The van der Waals surface area contributed by atoms with Crippen LogP contribution in [0.2, 0.25) is 0 Å². The molecular formula is C17H20F6N2O3S. The van der Waals surface area contributed by atoms with Crippen LogP contribution in [-0.2, 0) is 16.2 Å². The summed E-state index contributed by atoms with van der Waals surface area (Å²) in [7, 11) is -4.18. The van der Waals surface area contributed by atoms with Gasteiger partial charge in [0.05, 0.1) is 21.6 Å². The SMILES string of the molecule is C=C(CCNC(=O)c1ccc(C(F)(F)F)cc1NS(=O)(=O)C(C)(C)C)C(F)(F)F. The quantitative estimate of drug-likeness (QED) is 0.500. The number of hydrogen-bond donors (Lipinski definition) is 2. The van der Waals surface area contributed by atoms with E-state index in [0.717, 1.165) is 6.07 Å². The number of carbonyl (C=O) groups is 1. The van der Waals surface area contributed by atoms with E-state index in [1.165, 1.54) is 20.8 Å². The van der Waals surface area contributed by atoms with Gasteiger partial charge in [0.25, 0.3) is 5.91 Å². The van der Waals surface area contributed by atoms with E-state index in [1.54, 1.807) is 0 Å². The van der Waals surface area contributed by atoms with Crippen molar-refractivity contribution in [1.29, 1.82) is 0 Å². The van der Waals surface area contributed by atoms with Crippen molar-refractivity contribution in [3.63, 3.8) is 0 Å². The Balaban J connectivity index is 3.19. The molecule has 0 atom stereocenters. The van der Waals surface area contributed by atoms with Crippen molar-refractivity contribution < 1.29 is 39.6 Å². The monoisotopic (exact) mass is 446 g/mol. The molecule has 0 spiro atoms. The first kappa shape index (κ1) is 24.8. The van der Waals surface area contributed by atoms with Gasteiger partial charge in [-0.1, -0.05) is 6.58 Å². The highest BCUT2D eigenvalue weighted by molar-refractivity contribution is 7.94. The second-order valence-electron chi connectivity index (χ2n) is 7.08. The van der Waals surface area contributed by atoms with Gasteiger partial charge in [-0.15, -0.1) is 0 Å². The summed E-state index contributed by atoms with van der Waals surface area (Å²) in [6.07, 6.45) is -10.1. The van der Waals surface area contributed by atoms with Crippen LogP contribution in [0.25, 0.3) is 0 Å². The van der Waals surface area contributed by atoms with Crippen LogP contribution in [0, 0.1) is 0 Å². The van der Waals surface area contributed by atoms with Crippen LogP contribution >= 0.6 is 0 Å². The number of sulfonamides is 1. The third-order valence-electron chi connectivity index (χ3n) is 3.76. The second kappa shape index (κ2) is 8.25. The predicted octanol–water partition coefficient (Wildman–Crippen LogP) is 4.48. The molecule has 1 amide bonds. The summed E-state index contributed by atoms with van der Waals surface area (Å²) in [5, 5.41) is 2.11. The predicted molar refractivity (Wildman–Crippen MR) is 95.9 cm³/mol. The first-order chi connectivity index (χ1) is 12.9. The summed E-state index contributed by atoms with van der Waals surface area (Å²) in [4.78, 5) is 12.3. The summed E-state index contributed by atoms with van der Waals surface area (Å²) >= 11 is 0. The summed E-state index contributed by atoms with van der Waals surface area (Å²) in [6, 6.07) is 1.77. The molecule has 0 bridgehead atoms. The molecule has 1 rings (SSSR count). The normalized spacial score (nSPS) is 13.1. The highest BCUT2D eigenvalue weighted by Gasteiger charge is 2.35. The van der Waals surface area contributed by atoms with Crippen LogP contribution in [0.15, 0.2) is 30.4 Å². The molecule has 0 unspecified atom stereocenters. The van der Waals surface area contributed by atoms with Crippen LogP contribution in [0.3, 0.4) is 0 Å². The highest BCUT2D eigenvalue weighted by atomic mass is 32.2. The van der Waals surface area contributed by atoms with Crippen LogP contribution in [0.4, 0.5) is 32.0 Å². The molecule has 0 heterocycles. The van der Waals surface area contributed by atoms with E-state index in [4.69, 9.17) is 0 Å². The first-order valence-electron chi connectivity index (χ1n) is 8.13. The lowest BCUT2D eigenvalue weighted by Gasteiger charge is -2.22. The molecule has 0 radical (unpaired) electrons. The molecule has 1 aromatic rings. The summed E-state index contributed by atoms with van der Waals surface area (Å²) in [6.45, 7) is 6.23. The van der Waals surface area contributed by atoms with Crippen molar-refractivity contribution in [1.82, 2.24) is 5.32 Å². The minimum Gasteiger partial charge on any atom is -0.352 e. The molecule has 0 fully saturated rings. The Hall–Kier alpha value is -2.24. The van der Waals surface area contributed by atoms with E-state index in [-0.39, 0.29) is 0 Å². The van der Waals surface area contributed by atoms with Gasteiger partial charge in [0.1, 0.15) is 0 Å². The highest BCUT2D eigenvalue weighted by Crippen LogP contribution is 2.33. The Labute approximate surface area is 164 Å². The molecule has 0 aliphatic heterocycles. The minimum atomic E-state index is -4.80. The Morgan fingerprint density at radius 1 is 1.07 bits per heavy atom. The van der Waals surface area contributed by atoms with Gasteiger partial charge in [0, 0.05) is 12.1 Å². The molecule has 2 N–H and O–H groups in total. The lowest BCUT2D eigenvalue weighted by molar-refractivity contribution is -0.137. The summed E-state index contributed by atoms with van der Waals surface area (Å²) in [5.41, 5.74) is -3.41. The number of nitrogens with one attached hydrogen (secondary N) is 2. The van der Waals surface area contributed by atoms with E-state index in [0.29, 0.717) is 12.1 Å². The number of anilines is 1. The molecule has 0 aliphatic rings. The van der Waals surface area contributed by atoms with E-state index < -0.39 is 68.4 Å². The van der Waals surface area contributed by atoms with Crippen molar-refractivity contribution in [3.05, 3.63) is 41.5 Å². The lowest BCUT2D eigenvalue weighted by Crippen LogP contribution is -2.35. The third kappa shape index (κ3) is 6.65. The standard InChI is InChI=1S/C17H20F6N2O3S/c1-10(16(18,19)20)7-8-24-14(26)12-6-5-11(17(21,22)23)9-13(12)25-29(27,28)15(2,3)4/h5-6,9,25H,1,7-8H2,2-4H3,(H,24,26). The molecule has 29 heavy (non-hydrogen) atoms. The number of halogens is 6. The second-order valence-corrected chi connectivity index (χ2v) is 9.52.